The molecule has 1 heteroatoms. The van der Waals surface area contributed by atoms with Crippen molar-refractivity contribution < 1.29 is 0 Å². The first-order valence-corrected chi connectivity index (χ1v) is 8.04. The van der Waals surface area contributed by atoms with Gasteiger partial charge in [-0.3, -0.25) is 4.99 Å². The van der Waals surface area contributed by atoms with E-state index in [9.17, 15) is 0 Å². The molecular formula is C20H27N. The Bertz CT molecular complexity index is 547. The van der Waals surface area contributed by atoms with E-state index < -0.39 is 0 Å². The van der Waals surface area contributed by atoms with E-state index in [-0.39, 0.29) is 0 Å². The minimum Gasteiger partial charge on any atom is -0.281 e. The van der Waals surface area contributed by atoms with Crippen LogP contribution in [0.1, 0.15) is 52.7 Å². The van der Waals surface area contributed by atoms with Crippen LogP contribution in [-0.4, -0.2) is 11.8 Å². The fourth-order valence-electron chi connectivity index (χ4n) is 2.39. The summed E-state index contributed by atoms with van der Waals surface area (Å²) in [4.78, 5) is 4.78. The molecule has 0 heterocycles. The summed E-state index contributed by atoms with van der Waals surface area (Å²) < 4.78 is 0. The largest absolute Gasteiger partial charge is 0.281 e. The molecule has 0 spiro atoms. The number of aliphatic imine (C=N–C) groups is 1. The first kappa shape index (κ1) is 17.2. The van der Waals surface area contributed by atoms with Gasteiger partial charge in [-0.2, -0.15) is 0 Å². The lowest BCUT2D eigenvalue weighted by Crippen LogP contribution is -2.02. The van der Waals surface area contributed by atoms with Crippen molar-refractivity contribution in [2.75, 3.05) is 0 Å². The van der Waals surface area contributed by atoms with Crippen molar-refractivity contribution in [2.45, 2.75) is 47.6 Å². The third kappa shape index (κ3) is 3.60. The van der Waals surface area contributed by atoms with Crippen LogP contribution in [-0.2, 0) is 0 Å². The van der Waals surface area contributed by atoms with Gasteiger partial charge < -0.3 is 0 Å². The normalized spacial score (nSPS) is 10.7. The Morgan fingerprint density at radius 3 is 1.29 bits per heavy atom. The van der Waals surface area contributed by atoms with Gasteiger partial charge in [0.1, 0.15) is 0 Å². The van der Waals surface area contributed by atoms with Crippen molar-refractivity contribution in [3.63, 3.8) is 0 Å². The van der Waals surface area contributed by atoms with Gasteiger partial charge in [0.05, 0.1) is 5.71 Å². The van der Waals surface area contributed by atoms with Crippen LogP contribution < -0.4 is 0 Å². The quantitative estimate of drug-likeness (QED) is 0.521. The Morgan fingerprint density at radius 2 is 0.952 bits per heavy atom. The first-order valence-electron chi connectivity index (χ1n) is 8.04. The van der Waals surface area contributed by atoms with E-state index in [0.717, 1.165) is 5.71 Å². The minimum absolute atomic E-state index is 0.323. The maximum Gasteiger partial charge on any atom is 0.0734 e. The molecular weight excluding hydrogens is 254 g/mol. The molecule has 0 unspecified atom stereocenters. The number of benzene rings is 2. The number of nitrogens with zero attached hydrogens (tertiary/aromatic N) is 1. The SMILES string of the molecule is CC.CC.CC(C)N=C1c2ccccc2-c2ccccc21. The van der Waals surface area contributed by atoms with Crippen LogP contribution in [0.3, 0.4) is 0 Å². The van der Waals surface area contributed by atoms with E-state index >= 15 is 0 Å². The maximum absolute atomic E-state index is 4.78. The fraction of sp³-hybridized carbons (Fsp3) is 0.350. The predicted octanol–water partition coefficient (Wildman–Crippen LogP) is 5.97. The molecule has 112 valence electrons. The molecule has 0 atom stereocenters. The van der Waals surface area contributed by atoms with Crippen molar-refractivity contribution in [3.05, 3.63) is 59.7 Å². The fourth-order valence-corrected chi connectivity index (χ4v) is 2.39. The highest BCUT2D eigenvalue weighted by molar-refractivity contribution is 6.24. The topological polar surface area (TPSA) is 12.4 Å². The molecule has 1 aliphatic rings. The highest BCUT2D eigenvalue weighted by Gasteiger charge is 2.23. The van der Waals surface area contributed by atoms with Gasteiger partial charge in [0.15, 0.2) is 0 Å². The Morgan fingerprint density at radius 1 is 0.619 bits per heavy atom. The zero-order valence-corrected chi connectivity index (χ0v) is 14.1. The van der Waals surface area contributed by atoms with E-state index in [1.807, 2.05) is 27.7 Å². The van der Waals surface area contributed by atoms with Crippen LogP contribution in [0, 0.1) is 0 Å². The molecule has 1 nitrogen and oxygen atoms in total. The number of fused-ring (bicyclic) bond motifs is 3. The lowest BCUT2D eigenvalue weighted by atomic mass is 10.1. The number of hydrogen-bond donors (Lipinski definition) is 0. The average molecular weight is 281 g/mol. The van der Waals surface area contributed by atoms with E-state index in [0.29, 0.717) is 6.04 Å². The molecule has 3 rings (SSSR count). The summed E-state index contributed by atoms with van der Waals surface area (Å²) in [6, 6.07) is 17.4. The lowest BCUT2D eigenvalue weighted by Gasteiger charge is -2.03. The average Bonchev–Trinajstić information content (AvgIpc) is 2.86. The Hall–Kier alpha value is -1.89. The second-order valence-electron chi connectivity index (χ2n) is 4.66. The van der Waals surface area contributed by atoms with Gasteiger partial charge in [-0.1, -0.05) is 76.2 Å². The van der Waals surface area contributed by atoms with Crippen LogP contribution in [0.15, 0.2) is 53.5 Å². The smallest absolute Gasteiger partial charge is 0.0734 e. The molecule has 0 radical (unpaired) electrons. The molecule has 0 fully saturated rings. The minimum atomic E-state index is 0.323. The summed E-state index contributed by atoms with van der Waals surface area (Å²) in [5.74, 6) is 0. The molecule has 1 aliphatic carbocycles. The van der Waals surface area contributed by atoms with Crippen LogP contribution in [0.25, 0.3) is 11.1 Å². The standard InChI is InChI=1S/C16H15N.2C2H6/c1-11(2)17-16-14-9-5-3-7-12(14)13-8-4-6-10-15(13)16;2*1-2/h3-11H,1-2H3;2*1-2H3. The van der Waals surface area contributed by atoms with Crippen molar-refractivity contribution in [1.82, 2.24) is 0 Å². The Balaban J connectivity index is 0.000000510. The summed E-state index contributed by atoms with van der Waals surface area (Å²) in [5.41, 5.74) is 6.29. The van der Waals surface area contributed by atoms with Crippen molar-refractivity contribution in [1.29, 1.82) is 0 Å². The highest BCUT2D eigenvalue weighted by Crippen LogP contribution is 2.36. The van der Waals surface area contributed by atoms with Crippen LogP contribution >= 0.6 is 0 Å². The Labute approximate surface area is 129 Å². The first-order chi connectivity index (χ1) is 10.3. The monoisotopic (exact) mass is 281 g/mol. The molecule has 0 aliphatic heterocycles. The third-order valence-electron chi connectivity index (χ3n) is 3.04. The zero-order valence-electron chi connectivity index (χ0n) is 14.1. The van der Waals surface area contributed by atoms with Gasteiger partial charge in [-0.15, -0.1) is 0 Å². The van der Waals surface area contributed by atoms with Crippen molar-refractivity contribution >= 4 is 5.71 Å². The van der Waals surface area contributed by atoms with Crippen LogP contribution in [0.4, 0.5) is 0 Å². The molecule has 2 aromatic carbocycles. The molecule has 0 N–H and O–H groups in total. The van der Waals surface area contributed by atoms with Gasteiger partial charge in [0.25, 0.3) is 0 Å². The van der Waals surface area contributed by atoms with E-state index in [1.54, 1.807) is 0 Å². The van der Waals surface area contributed by atoms with Crippen molar-refractivity contribution in [3.8, 4) is 11.1 Å². The molecule has 0 saturated carbocycles. The van der Waals surface area contributed by atoms with Crippen LogP contribution in [0.5, 0.6) is 0 Å². The zero-order chi connectivity index (χ0) is 15.8. The number of hydrogen-bond acceptors (Lipinski definition) is 1. The summed E-state index contributed by atoms with van der Waals surface area (Å²) in [6.07, 6.45) is 0. The van der Waals surface area contributed by atoms with Gasteiger partial charge in [0, 0.05) is 17.2 Å². The summed E-state index contributed by atoms with van der Waals surface area (Å²) in [7, 11) is 0. The molecule has 0 amide bonds. The Kier molecular flexibility index (Phi) is 6.87. The maximum atomic E-state index is 4.78. The molecule has 21 heavy (non-hydrogen) atoms. The van der Waals surface area contributed by atoms with Gasteiger partial charge in [-0.25, -0.2) is 0 Å². The summed E-state index contributed by atoms with van der Waals surface area (Å²) in [5, 5.41) is 0. The van der Waals surface area contributed by atoms with Crippen LogP contribution in [0.2, 0.25) is 0 Å². The molecule has 0 bridgehead atoms. The van der Waals surface area contributed by atoms with E-state index in [1.165, 1.54) is 22.3 Å². The summed E-state index contributed by atoms with van der Waals surface area (Å²) >= 11 is 0. The summed E-state index contributed by atoms with van der Waals surface area (Å²) in [6.45, 7) is 12.2. The number of rotatable bonds is 1. The second-order valence-corrected chi connectivity index (χ2v) is 4.66. The molecule has 0 aromatic heterocycles. The third-order valence-corrected chi connectivity index (χ3v) is 3.04. The molecule has 0 saturated heterocycles. The highest BCUT2D eigenvalue weighted by atomic mass is 14.8. The van der Waals surface area contributed by atoms with Gasteiger partial charge in [-0.05, 0) is 25.0 Å². The van der Waals surface area contributed by atoms with Gasteiger partial charge >= 0.3 is 0 Å². The van der Waals surface area contributed by atoms with Gasteiger partial charge in [0.2, 0.25) is 0 Å². The van der Waals surface area contributed by atoms with E-state index in [4.69, 9.17) is 4.99 Å². The predicted molar refractivity (Wildman–Crippen MR) is 95.3 cm³/mol. The molecule has 2 aromatic rings. The lowest BCUT2D eigenvalue weighted by molar-refractivity contribution is 0.837. The second kappa shape index (κ2) is 8.41. The van der Waals surface area contributed by atoms with Crippen molar-refractivity contribution in [2.24, 2.45) is 4.99 Å². The van der Waals surface area contributed by atoms with E-state index in [2.05, 4.69) is 62.4 Å².